The number of hydrogen-bond donors (Lipinski definition) is 0. The molecule has 0 aliphatic carbocycles. The number of hydrogen-bond acceptors (Lipinski definition) is 2. The summed E-state index contributed by atoms with van der Waals surface area (Å²) in [6.45, 7) is 3.02. The summed E-state index contributed by atoms with van der Waals surface area (Å²) in [6.07, 6.45) is 2.54. The van der Waals surface area contributed by atoms with Crippen LogP contribution in [0.15, 0.2) is 35.2 Å². The summed E-state index contributed by atoms with van der Waals surface area (Å²) in [5, 5.41) is 0. The number of rotatable bonds is 5. The summed E-state index contributed by atoms with van der Waals surface area (Å²) in [6, 6.07) is 10.5. The van der Waals surface area contributed by atoms with Gasteiger partial charge in [-0.15, -0.1) is 23.4 Å². The van der Waals surface area contributed by atoms with Gasteiger partial charge in [-0.3, -0.25) is 0 Å². The van der Waals surface area contributed by atoms with Crippen molar-refractivity contribution in [3.63, 3.8) is 0 Å². The predicted octanol–water partition coefficient (Wildman–Crippen LogP) is 4.20. The van der Waals surface area contributed by atoms with Crippen LogP contribution < -0.4 is 0 Å². The summed E-state index contributed by atoms with van der Waals surface area (Å²) in [5.74, 6) is 1.83. The van der Waals surface area contributed by atoms with Crippen molar-refractivity contribution in [1.82, 2.24) is 0 Å². The van der Waals surface area contributed by atoms with E-state index < -0.39 is 0 Å². The van der Waals surface area contributed by atoms with Crippen LogP contribution in [0.2, 0.25) is 0 Å². The van der Waals surface area contributed by atoms with Gasteiger partial charge in [0, 0.05) is 22.8 Å². The van der Waals surface area contributed by atoms with E-state index in [1.165, 1.54) is 4.90 Å². The standard InChI is InChI=1S/C14H19ClOS/c1-12-14(11-15,7-9-16-12)8-10-17-13-5-3-2-4-6-13/h2-6,12H,7-11H2,1H3. The van der Waals surface area contributed by atoms with Crippen molar-refractivity contribution in [3.8, 4) is 0 Å². The van der Waals surface area contributed by atoms with Gasteiger partial charge >= 0.3 is 0 Å². The van der Waals surface area contributed by atoms with Crippen molar-refractivity contribution in [3.05, 3.63) is 30.3 Å². The fourth-order valence-electron chi connectivity index (χ4n) is 2.28. The molecule has 94 valence electrons. The third-order valence-electron chi connectivity index (χ3n) is 3.71. The Morgan fingerprint density at radius 3 is 2.76 bits per heavy atom. The maximum Gasteiger partial charge on any atom is 0.0615 e. The smallest absolute Gasteiger partial charge is 0.0615 e. The van der Waals surface area contributed by atoms with Crippen LogP contribution in [0, 0.1) is 5.41 Å². The van der Waals surface area contributed by atoms with Crippen LogP contribution >= 0.6 is 23.4 Å². The molecule has 1 aromatic carbocycles. The minimum Gasteiger partial charge on any atom is -0.378 e. The van der Waals surface area contributed by atoms with Gasteiger partial charge in [0.1, 0.15) is 0 Å². The molecule has 3 heteroatoms. The van der Waals surface area contributed by atoms with Crippen LogP contribution in [0.25, 0.3) is 0 Å². The largest absolute Gasteiger partial charge is 0.378 e. The molecule has 17 heavy (non-hydrogen) atoms. The molecule has 1 saturated heterocycles. The Hall–Kier alpha value is -0.180. The first-order chi connectivity index (χ1) is 8.27. The maximum atomic E-state index is 6.15. The van der Waals surface area contributed by atoms with Crippen LogP contribution in [-0.2, 0) is 4.74 Å². The van der Waals surface area contributed by atoms with E-state index in [1.54, 1.807) is 0 Å². The zero-order valence-electron chi connectivity index (χ0n) is 10.2. The lowest BCUT2D eigenvalue weighted by Gasteiger charge is -2.29. The molecule has 0 amide bonds. The average molecular weight is 271 g/mol. The molecule has 1 aliphatic rings. The van der Waals surface area contributed by atoms with Gasteiger partial charge in [0.2, 0.25) is 0 Å². The summed E-state index contributed by atoms with van der Waals surface area (Å²) in [7, 11) is 0. The average Bonchev–Trinajstić information content (AvgIpc) is 2.73. The molecule has 1 nitrogen and oxygen atoms in total. The molecule has 2 rings (SSSR count). The first-order valence-electron chi connectivity index (χ1n) is 6.12. The molecule has 2 unspecified atom stereocenters. The van der Waals surface area contributed by atoms with Gasteiger partial charge < -0.3 is 4.74 Å². The third kappa shape index (κ3) is 3.18. The van der Waals surface area contributed by atoms with Crippen LogP contribution in [0.5, 0.6) is 0 Å². The molecule has 2 atom stereocenters. The number of thioether (sulfide) groups is 1. The van der Waals surface area contributed by atoms with E-state index in [0.717, 1.165) is 25.2 Å². The number of alkyl halides is 1. The third-order valence-corrected chi connectivity index (χ3v) is 5.25. The number of benzene rings is 1. The van der Waals surface area contributed by atoms with Gasteiger partial charge in [0.25, 0.3) is 0 Å². The first-order valence-corrected chi connectivity index (χ1v) is 7.64. The highest BCUT2D eigenvalue weighted by Gasteiger charge is 2.40. The van der Waals surface area contributed by atoms with Gasteiger partial charge in [0.15, 0.2) is 0 Å². The van der Waals surface area contributed by atoms with Gasteiger partial charge in [-0.25, -0.2) is 0 Å². The quantitative estimate of drug-likeness (QED) is 0.586. The Bertz CT molecular complexity index is 343. The van der Waals surface area contributed by atoms with Crippen LogP contribution in [0.3, 0.4) is 0 Å². The van der Waals surface area contributed by atoms with Crippen molar-refractivity contribution >= 4 is 23.4 Å². The Morgan fingerprint density at radius 1 is 1.41 bits per heavy atom. The molecule has 0 saturated carbocycles. The zero-order chi connectivity index (χ0) is 12.1. The topological polar surface area (TPSA) is 9.23 Å². The van der Waals surface area contributed by atoms with Crippen LogP contribution in [0.4, 0.5) is 0 Å². The van der Waals surface area contributed by atoms with Crippen molar-refractivity contribution in [2.24, 2.45) is 5.41 Å². The maximum absolute atomic E-state index is 6.15. The van der Waals surface area contributed by atoms with Gasteiger partial charge in [-0.2, -0.15) is 0 Å². The second-order valence-electron chi connectivity index (χ2n) is 4.67. The first kappa shape index (κ1) is 13.3. The van der Waals surface area contributed by atoms with E-state index in [2.05, 4.69) is 37.3 Å². The van der Waals surface area contributed by atoms with Crippen molar-refractivity contribution < 1.29 is 4.74 Å². The molecule has 1 aromatic rings. The monoisotopic (exact) mass is 270 g/mol. The van der Waals surface area contributed by atoms with E-state index in [-0.39, 0.29) is 5.41 Å². The molecule has 1 heterocycles. The zero-order valence-corrected chi connectivity index (χ0v) is 11.8. The highest BCUT2D eigenvalue weighted by atomic mass is 35.5. The van der Waals surface area contributed by atoms with Crippen molar-refractivity contribution in [1.29, 1.82) is 0 Å². The normalized spacial score (nSPS) is 28.5. The molecule has 1 fully saturated rings. The lowest BCUT2D eigenvalue weighted by Crippen LogP contribution is -2.31. The second kappa shape index (κ2) is 6.12. The summed E-state index contributed by atoms with van der Waals surface area (Å²) in [4.78, 5) is 1.34. The van der Waals surface area contributed by atoms with Crippen LogP contribution in [0.1, 0.15) is 19.8 Å². The van der Waals surface area contributed by atoms with Gasteiger partial charge in [-0.1, -0.05) is 18.2 Å². The molecule has 0 spiro atoms. The second-order valence-corrected chi connectivity index (χ2v) is 6.11. The highest BCUT2D eigenvalue weighted by molar-refractivity contribution is 7.99. The Balaban J connectivity index is 1.85. The van der Waals surface area contributed by atoms with E-state index in [1.807, 2.05) is 11.8 Å². The Kier molecular flexibility index (Phi) is 4.78. The fraction of sp³-hybridized carbons (Fsp3) is 0.571. The molecule has 0 radical (unpaired) electrons. The number of ether oxygens (including phenoxy) is 1. The fourth-order valence-corrected chi connectivity index (χ4v) is 3.86. The summed E-state index contributed by atoms with van der Waals surface area (Å²) in [5.41, 5.74) is 0.198. The minimum atomic E-state index is 0.198. The molecule has 0 aromatic heterocycles. The minimum absolute atomic E-state index is 0.198. The molecule has 0 bridgehead atoms. The molecule has 1 aliphatic heterocycles. The number of halogens is 1. The highest BCUT2D eigenvalue weighted by Crippen LogP contribution is 2.40. The lowest BCUT2D eigenvalue weighted by atomic mass is 9.81. The van der Waals surface area contributed by atoms with Gasteiger partial charge in [-0.05, 0) is 37.7 Å². The van der Waals surface area contributed by atoms with Crippen molar-refractivity contribution in [2.75, 3.05) is 18.2 Å². The summed E-state index contributed by atoms with van der Waals surface area (Å²) >= 11 is 8.06. The van der Waals surface area contributed by atoms with E-state index >= 15 is 0 Å². The van der Waals surface area contributed by atoms with Crippen molar-refractivity contribution in [2.45, 2.75) is 30.8 Å². The molecular weight excluding hydrogens is 252 g/mol. The van der Waals surface area contributed by atoms with Gasteiger partial charge in [0.05, 0.1) is 6.10 Å². The summed E-state index contributed by atoms with van der Waals surface area (Å²) < 4.78 is 5.67. The predicted molar refractivity (Wildman–Crippen MR) is 75.0 cm³/mol. The van der Waals surface area contributed by atoms with Crippen LogP contribution in [-0.4, -0.2) is 24.3 Å². The SMILES string of the molecule is CC1OCCC1(CCl)CCSc1ccccc1. The van der Waals surface area contributed by atoms with E-state index in [0.29, 0.717) is 12.0 Å². The molecule has 0 N–H and O–H groups in total. The Morgan fingerprint density at radius 2 is 2.18 bits per heavy atom. The van der Waals surface area contributed by atoms with E-state index in [4.69, 9.17) is 16.3 Å². The molecular formula is C14H19ClOS. The lowest BCUT2D eigenvalue weighted by molar-refractivity contribution is 0.0723. The van der Waals surface area contributed by atoms with E-state index in [9.17, 15) is 0 Å². The Labute approximate surface area is 113 Å².